The maximum atomic E-state index is 6.10. The Balaban J connectivity index is 2.23. The van der Waals surface area contributed by atoms with Gasteiger partial charge in [-0.2, -0.15) is 0 Å². The van der Waals surface area contributed by atoms with Crippen LogP contribution in [0.3, 0.4) is 0 Å². The number of hydrogen-bond donors (Lipinski definition) is 1. The van der Waals surface area contributed by atoms with Gasteiger partial charge in [0.2, 0.25) is 0 Å². The van der Waals surface area contributed by atoms with E-state index in [1.165, 1.54) is 11.1 Å². The molecule has 0 spiro atoms. The number of hydrogen-bond acceptors (Lipinski definition) is 3. The number of nitrogens with one attached hydrogen (secondary N) is 1. The lowest BCUT2D eigenvalue weighted by Crippen LogP contribution is -2.14. The first-order valence-corrected chi connectivity index (χ1v) is 8.67. The van der Waals surface area contributed by atoms with Gasteiger partial charge in [0.15, 0.2) is 0 Å². The molecule has 1 N–H and O–H groups in total. The Bertz CT molecular complexity index is 713. The summed E-state index contributed by atoms with van der Waals surface area (Å²) in [6, 6.07) is 12.5. The summed E-state index contributed by atoms with van der Waals surface area (Å²) >= 11 is 5.13. The van der Waals surface area contributed by atoms with Crippen molar-refractivity contribution in [3.8, 4) is 5.75 Å². The first kappa shape index (κ1) is 18.3. The van der Waals surface area contributed by atoms with Crippen molar-refractivity contribution in [2.45, 2.75) is 40.2 Å². The fraction of sp³-hybridized carbons (Fsp3) is 0.350. The van der Waals surface area contributed by atoms with Gasteiger partial charge in [0.25, 0.3) is 5.17 Å². The highest BCUT2D eigenvalue weighted by molar-refractivity contribution is 7.80. The van der Waals surface area contributed by atoms with E-state index >= 15 is 0 Å². The minimum atomic E-state index is 0.355. The molecule has 2 aromatic carbocycles. The van der Waals surface area contributed by atoms with Gasteiger partial charge in [-0.3, -0.25) is 0 Å². The van der Waals surface area contributed by atoms with Crippen LogP contribution in [-0.4, -0.2) is 12.3 Å². The summed E-state index contributed by atoms with van der Waals surface area (Å²) in [7, 11) is 1.56. The molecule has 3 nitrogen and oxygen atoms in total. The van der Waals surface area contributed by atoms with E-state index in [0.717, 1.165) is 35.4 Å². The van der Waals surface area contributed by atoms with Crippen LogP contribution in [0.1, 0.15) is 36.1 Å². The third kappa shape index (κ3) is 4.48. The van der Waals surface area contributed by atoms with Gasteiger partial charge in [0, 0.05) is 11.3 Å². The fourth-order valence-electron chi connectivity index (χ4n) is 2.66. The van der Waals surface area contributed by atoms with Gasteiger partial charge in [-0.15, -0.1) is 0 Å². The average molecular weight is 343 g/mol. The largest absolute Gasteiger partial charge is 0.489 e. The molecule has 0 unspecified atom stereocenters. The summed E-state index contributed by atoms with van der Waals surface area (Å²) in [5.41, 5.74) is 5.76. The smallest absolute Gasteiger partial charge is 0.260 e. The zero-order chi connectivity index (χ0) is 17.5. The SMILES string of the molecule is CCc1ccc(OCc2c(CC)cccc2NC(=S)OC)c(C)c1. The molecule has 0 fully saturated rings. The summed E-state index contributed by atoms with van der Waals surface area (Å²) < 4.78 is 11.2. The van der Waals surface area contributed by atoms with Crippen molar-refractivity contribution in [3.63, 3.8) is 0 Å². The van der Waals surface area contributed by atoms with Crippen LogP contribution in [0.25, 0.3) is 0 Å². The molecule has 0 radical (unpaired) electrons. The van der Waals surface area contributed by atoms with Crippen molar-refractivity contribution in [3.05, 3.63) is 58.7 Å². The second kappa shape index (κ2) is 8.69. The maximum Gasteiger partial charge on any atom is 0.260 e. The molecule has 0 aliphatic rings. The Morgan fingerprint density at radius 1 is 1.12 bits per heavy atom. The van der Waals surface area contributed by atoms with E-state index in [-0.39, 0.29) is 0 Å². The molecule has 0 heterocycles. The maximum absolute atomic E-state index is 6.10. The second-order valence-electron chi connectivity index (χ2n) is 5.66. The van der Waals surface area contributed by atoms with Crippen molar-refractivity contribution < 1.29 is 9.47 Å². The molecular formula is C20H25NO2S. The molecule has 0 aliphatic heterocycles. The first-order valence-electron chi connectivity index (χ1n) is 8.27. The van der Waals surface area contributed by atoms with E-state index < -0.39 is 0 Å². The highest BCUT2D eigenvalue weighted by Gasteiger charge is 2.11. The molecule has 0 aromatic heterocycles. The summed E-state index contributed by atoms with van der Waals surface area (Å²) in [4.78, 5) is 0. The standard InChI is InChI=1S/C20H25NO2S/c1-5-15-10-11-19(14(3)12-15)23-13-17-16(6-2)8-7-9-18(17)21-20(24)22-4/h7-12H,5-6,13H2,1-4H3,(H,21,24). The Morgan fingerprint density at radius 3 is 2.54 bits per heavy atom. The van der Waals surface area contributed by atoms with Crippen molar-refractivity contribution >= 4 is 23.1 Å². The second-order valence-corrected chi connectivity index (χ2v) is 6.03. The number of methoxy groups -OCH3 is 1. The normalized spacial score (nSPS) is 10.3. The molecule has 0 saturated carbocycles. The van der Waals surface area contributed by atoms with E-state index in [1.807, 2.05) is 12.1 Å². The minimum absolute atomic E-state index is 0.355. The molecule has 2 aromatic rings. The highest BCUT2D eigenvalue weighted by Crippen LogP contribution is 2.25. The monoisotopic (exact) mass is 343 g/mol. The number of aryl methyl sites for hydroxylation is 3. The van der Waals surface area contributed by atoms with Gasteiger partial charge < -0.3 is 14.8 Å². The number of rotatable bonds is 6. The third-order valence-corrected chi connectivity index (χ3v) is 4.36. The molecule has 0 bridgehead atoms. The Hall–Kier alpha value is -2.07. The van der Waals surface area contributed by atoms with E-state index in [2.05, 4.69) is 50.4 Å². The number of benzene rings is 2. The van der Waals surface area contributed by atoms with Crippen molar-refractivity contribution in [1.29, 1.82) is 0 Å². The molecular weight excluding hydrogens is 318 g/mol. The van der Waals surface area contributed by atoms with Crippen LogP contribution in [-0.2, 0) is 24.2 Å². The van der Waals surface area contributed by atoms with Gasteiger partial charge in [0.05, 0.1) is 7.11 Å². The third-order valence-electron chi connectivity index (χ3n) is 4.10. The summed E-state index contributed by atoms with van der Waals surface area (Å²) in [5, 5.41) is 3.49. The van der Waals surface area contributed by atoms with E-state index in [9.17, 15) is 0 Å². The zero-order valence-corrected chi connectivity index (χ0v) is 15.6. The Morgan fingerprint density at radius 2 is 1.92 bits per heavy atom. The predicted octanol–water partition coefficient (Wildman–Crippen LogP) is 5.04. The van der Waals surface area contributed by atoms with Gasteiger partial charge in [-0.1, -0.05) is 38.1 Å². The average Bonchev–Trinajstić information content (AvgIpc) is 2.60. The molecule has 128 valence electrons. The predicted molar refractivity (Wildman–Crippen MR) is 104 cm³/mol. The zero-order valence-electron chi connectivity index (χ0n) is 14.8. The van der Waals surface area contributed by atoms with Crippen molar-refractivity contribution in [2.24, 2.45) is 0 Å². The molecule has 4 heteroatoms. The van der Waals surface area contributed by atoms with Gasteiger partial charge in [-0.25, -0.2) is 0 Å². The quantitative estimate of drug-likeness (QED) is 0.744. The lowest BCUT2D eigenvalue weighted by molar-refractivity contribution is 0.303. The summed E-state index contributed by atoms with van der Waals surface area (Å²) in [5.74, 6) is 0.915. The molecule has 2 rings (SSSR count). The van der Waals surface area contributed by atoms with Crippen molar-refractivity contribution in [1.82, 2.24) is 0 Å². The van der Waals surface area contributed by atoms with Crippen molar-refractivity contribution in [2.75, 3.05) is 12.4 Å². The molecule has 24 heavy (non-hydrogen) atoms. The summed E-state index contributed by atoms with van der Waals surface area (Å²) in [6.07, 6.45) is 1.96. The number of anilines is 1. The lowest BCUT2D eigenvalue weighted by atomic mass is 10.0. The number of ether oxygens (including phenoxy) is 2. The molecule has 0 amide bonds. The van der Waals surface area contributed by atoms with Gasteiger partial charge >= 0.3 is 0 Å². The lowest BCUT2D eigenvalue weighted by Gasteiger charge is -2.17. The van der Waals surface area contributed by atoms with Gasteiger partial charge in [0.1, 0.15) is 12.4 Å². The topological polar surface area (TPSA) is 30.5 Å². The molecule has 0 saturated heterocycles. The van der Waals surface area contributed by atoms with Crippen LogP contribution in [0.15, 0.2) is 36.4 Å². The van der Waals surface area contributed by atoms with Crippen LogP contribution in [0.2, 0.25) is 0 Å². The van der Waals surface area contributed by atoms with E-state index in [0.29, 0.717) is 11.8 Å². The van der Waals surface area contributed by atoms with Crippen LogP contribution in [0.4, 0.5) is 5.69 Å². The van der Waals surface area contributed by atoms with Crippen LogP contribution in [0.5, 0.6) is 5.75 Å². The Labute approximate surface area is 150 Å². The van der Waals surface area contributed by atoms with Crippen LogP contribution in [0, 0.1) is 6.92 Å². The molecule has 0 aliphatic carbocycles. The van der Waals surface area contributed by atoms with Gasteiger partial charge in [-0.05, 0) is 60.8 Å². The van der Waals surface area contributed by atoms with E-state index in [1.54, 1.807) is 7.11 Å². The van der Waals surface area contributed by atoms with E-state index in [4.69, 9.17) is 21.7 Å². The van der Waals surface area contributed by atoms with Crippen LogP contribution >= 0.6 is 12.2 Å². The summed E-state index contributed by atoms with van der Waals surface area (Å²) in [6.45, 7) is 6.87. The molecule has 0 atom stereocenters. The van der Waals surface area contributed by atoms with Crippen LogP contribution < -0.4 is 10.1 Å². The number of thiocarbonyl (C=S) groups is 1. The fourth-order valence-corrected chi connectivity index (χ4v) is 2.77. The first-order chi connectivity index (χ1) is 11.6. The Kier molecular flexibility index (Phi) is 6.62. The highest BCUT2D eigenvalue weighted by atomic mass is 32.1. The minimum Gasteiger partial charge on any atom is -0.489 e.